The third-order valence-electron chi connectivity index (χ3n) is 5.44. The lowest BCUT2D eigenvalue weighted by atomic mass is 10.0. The van der Waals surface area contributed by atoms with Gasteiger partial charge in [-0.25, -0.2) is 9.97 Å². The van der Waals surface area contributed by atoms with Crippen molar-refractivity contribution in [2.24, 2.45) is 0 Å². The Kier molecular flexibility index (Phi) is 5.01. The summed E-state index contributed by atoms with van der Waals surface area (Å²) in [4.78, 5) is 27.9. The van der Waals surface area contributed by atoms with Crippen LogP contribution >= 0.6 is 0 Å². The van der Waals surface area contributed by atoms with Crippen LogP contribution in [0.3, 0.4) is 0 Å². The number of rotatable bonds is 4. The van der Waals surface area contributed by atoms with E-state index in [2.05, 4.69) is 38.3 Å². The molecular formula is C24H21N5O2. The lowest BCUT2D eigenvalue weighted by Crippen LogP contribution is -2.24. The van der Waals surface area contributed by atoms with Gasteiger partial charge in [-0.2, -0.15) is 0 Å². The van der Waals surface area contributed by atoms with Crippen molar-refractivity contribution in [1.82, 2.24) is 19.9 Å². The molecule has 1 aliphatic heterocycles. The van der Waals surface area contributed by atoms with Crippen molar-refractivity contribution in [1.29, 1.82) is 0 Å². The van der Waals surface area contributed by atoms with Gasteiger partial charge in [-0.15, -0.1) is 0 Å². The maximum Gasteiger partial charge on any atom is 0.256 e. The van der Waals surface area contributed by atoms with Gasteiger partial charge in [-0.1, -0.05) is 18.2 Å². The van der Waals surface area contributed by atoms with Gasteiger partial charge in [0, 0.05) is 42.0 Å². The summed E-state index contributed by atoms with van der Waals surface area (Å²) in [7, 11) is 2.09. The van der Waals surface area contributed by atoms with Crippen LogP contribution in [0.1, 0.15) is 22.5 Å². The van der Waals surface area contributed by atoms with E-state index < -0.39 is 0 Å². The van der Waals surface area contributed by atoms with E-state index in [0.29, 0.717) is 17.1 Å². The summed E-state index contributed by atoms with van der Waals surface area (Å²) in [6, 6.07) is 11.3. The second kappa shape index (κ2) is 8.12. The topological polar surface area (TPSA) is 84.2 Å². The summed E-state index contributed by atoms with van der Waals surface area (Å²) < 4.78 is 5.38. The summed E-state index contributed by atoms with van der Waals surface area (Å²) >= 11 is 0. The highest BCUT2D eigenvalue weighted by Crippen LogP contribution is 2.26. The molecule has 4 aromatic rings. The Morgan fingerprint density at radius 2 is 2.03 bits per heavy atom. The normalized spacial score (nSPS) is 14.4. The molecule has 7 nitrogen and oxygen atoms in total. The van der Waals surface area contributed by atoms with Crippen molar-refractivity contribution in [2.75, 3.05) is 25.5 Å². The molecule has 0 spiro atoms. The number of hydrogen-bond acceptors (Lipinski definition) is 6. The number of nitrogens with zero attached hydrogens (tertiary/aromatic N) is 4. The number of carbonyl (C=O) groups is 1. The van der Waals surface area contributed by atoms with E-state index in [1.807, 2.05) is 30.3 Å². The van der Waals surface area contributed by atoms with E-state index in [1.165, 1.54) is 12.0 Å². The Morgan fingerprint density at radius 3 is 2.84 bits per heavy atom. The number of oxazole rings is 1. The highest BCUT2D eigenvalue weighted by molar-refractivity contribution is 6.05. The van der Waals surface area contributed by atoms with Crippen LogP contribution in [0.4, 0.5) is 5.82 Å². The molecule has 0 unspecified atom stereocenters. The van der Waals surface area contributed by atoms with Gasteiger partial charge in [0.1, 0.15) is 5.82 Å². The molecule has 3 aromatic heterocycles. The minimum atomic E-state index is -0.213. The molecule has 31 heavy (non-hydrogen) atoms. The van der Waals surface area contributed by atoms with Crippen LogP contribution in [-0.2, 0) is 0 Å². The molecule has 1 amide bonds. The number of nitrogens with one attached hydrogen (secondary N) is 1. The first-order valence-electron chi connectivity index (χ1n) is 10.1. The largest absolute Gasteiger partial charge is 0.444 e. The Balaban J connectivity index is 1.38. The van der Waals surface area contributed by atoms with E-state index in [-0.39, 0.29) is 5.91 Å². The molecule has 5 rings (SSSR count). The van der Waals surface area contributed by atoms with E-state index >= 15 is 0 Å². The molecule has 0 saturated carbocycles. The van der Waals surface area contributed by atoms with Crippen LogP contribution in [0, 0.1) is 0 Å². The monoisotopic (exact) mass is 411 g/mol. The summed E-state index contributed by atoms with van der Waals surface area (Å²) in [5, 5.41) is 4.82. The van der Waals surface area contributed by atoms with Crippen molar-refractivity contribution < 1.29 is 9.21 Å². The number of fused-ring (bicyclic) bond motifs is 1. The SMILES string of the molecule is CN1CC=C(c2cc(C(=O)Nc3cc4cc(-c5cnco5)ccc4cn3)ccn2)CC1. The van der Waals surface area contributed by atoms with E-state index in [4.69, 9.17) is 4.42 Å². The molecule has 0 radical (unpaired) electrons. The quantitative estimate of drug-likeness (QED) is 0.540. The molecule has 0 saturated heterocycles. The van der Waals surface area contributed by atoms with Crippen molar-refractivity contribution >= 4 is 28.1 Å². The van der Waals surface area contributed by atoms with Crippen LogP contribution in [0.15, 0.2) is 71.9 Å². The molecule has 1 aliphatic rings. The van der Waals surface area contributed by atoms with Crippen molar-refractivity contribution in [3.63, 3.8) is 0 Å². The summed E-state index contributed by atoms with van der Waals surface area (Å²) in [6.45, 7) is 1.88. The van der Waals surface area contributed by atoms with Gasteiger partial charge in [0.05, 0.1) is 11.9 Å². The molecule has 0 bridgehead atoms. The number of benzene rings is 1. The van der Waals surface area contributed by atoms with Crippen molar-refractivity contribution in [3.8, 4) is 11.3 Å². The predicted molar refractivity (Wildman–Crippen MR) is 120 cm³/mol. The third kappa shape index (κ3) is 4.08. The van der Waals surface area contributed by atoms with Gasteiger partial charge < -0.3 is 14.6 Å². The van der Waals surface area contributed by atoms with Crippen LogP contribution in [0.25, 0.3) is 27.7 Å². The third-order valence-corrected chi connectivity index (χ3v) is 5.44. The molecular weight excluding hydrogens is 390 g/mol. The molecule has 0 aliphatic carbocycles. The zero-order chi connectivity index (χ0) is 21.2. The summed E-state index contributed by atoms with van der Waals surface area (Å²) in [6.07, 6.45) is 9.60. The predicted octanol–water partition coefficient (Wildman–Crippen LogP) is 4.26. The van der Waals surface area contributed by atoms with Gasteiger partial charge in [-0.3, -0.25) is 9.78 Å². The number of amides is 1. The van der Waals surface area contributed by atoms with Crippen molar-refractivity contribution in [2.45, 2.75) is 6.42 Å². The Hall–Kier alpha value is -3.84. The molecule has 4 heterocycles. The number of anilines is 1. The van der Waals surface area contributed by atoms with Gasteiger partial charge in [0.25, 0.3) is 5.91 Å². The smallest absolute Gasteiger partial charge is 0.256 e. The first-order valence-corrected chi connectivity index (χ1v) is 10.1. The first kappa shape index (κ1) is 19.1. The van der Waals surface area contributed by atoms with Gasteiger partial charge in [0.2, 0.25) is 0 Å². The number of aromatic nitrogens is 3. The fraction of sp³-hybridized carbons (Fsp3) is 0.167. The van der Waals surface area contributed by atoms with Crippen LogP contribution < -0.4 is 5.32 Å². The second-order valence-electron chi connectivity index (χ2n) is 7.62. The minimum Gasteiger partial charge on any atom is -0.444 e. The lowest BCUT2D eigenvalue weighted by Gasteiger charge is -2.21. The maximum atomic E-state index is 12.9. The standard InChI is InChI=1S/C24H21N5O2/c1-29-8-5-16(6-9-29)21-11-18(4-7-26-21)24(30)28-23-12-20-10-17(22-14-25-15-31-22)2-3-19(20)13-27-23/h2-5,7,10-15H,6,8-9H2,1H3,(H,27,28,30). The van der Waals surface area contributed by atoms with Crippen LogP contribution in [-0.4, -0.2) is 45.9 Å². The number of likely N-dealkylation sites (N-methyl/N-ethyl adjacent to an activating group) is 1. The minimum absolute atomic E-state index is 0.213. The van der Waals surface area contributed by atoms with E-state index in [1.54, 1.807) is 24.7 Å². The molecule has 0 atom stereocenters. The fourth-order valence-corrected chi connectivity index (χ4v) is 3.66. The van der Waals surface area contributed by atoms with Crippen LogP contribution in [0.5, 0.6) is 0 Å². The molecule has 1 N–H and O–H groups in total. The zero-order valence-corrected chi connectivity index (χ0v) is 17.1. The Bertz CT molecular complexity index is 1280. The van der Waals surface area contributed by atoms with Crippen LogP contribution in [0.2, 0.25) is 0 Å². The van der Waals surface area contributed by atoms with E-state index in [9.17, 15) is 4.79 Å². The summed E-state index contributed by atoms with van der Waals surface area (Å²) in [5.74, 6) is 0.969. The lowest BCUT2D eigenvalue weighted by molar-refractivity contribution is 0.102. The number of carbonyl (C=O) groups excluding carboxylic acids is 1. The maximum absolute atomic E-state index is 12.9. The molecule has 154 valence electrons. The number of pyridine rings is 2. The highest BCUT2D eigenvalue weighted by Gasteiger charge is 2.14. The van der Waals surface area contributed by atoms with Gasteiger partial charge >= 0.3 is 0 Å². The molecule has 0 fully saturated rings. The Morgan fingerprint density at radius 1 is 1.10 bits per heavy atom. The molecule has 1 aromatic carbocycles. The first-order chi connectivity index (χ1) is 15.2. The van der Waals surface area contributed by atoms with Crippen molar-refractivity contribution in [3.05, 3.63) is 78.7 Å². The van der Waals surface area contributed by atoms with E-state index in [0.717, 1.165) is 41.5 Å². The second-order valence-corrected chi connectivity index (χ2v) is 7.62. The number of hydrogen-bond donors (Lipinski definition) is 1. The fourth-order valence-electron chi connectivity index (χ4n) is 3.66. The van der Waals surface area contributed by atoms with Gasteiger partial charge in [-0.05, 0) is 48.7 Å². The Labute approximate surface area is 179 Å². The average Bonchev–Trinajstić information content (AvgIpc) is 3.34. The van der Waals surface area contributed by atoms with Gasteiger partial charge in [0.15, 0.2) is 12.2 Å². The molecule has 7 heteroatoms. The summed E-state index contributed by atoms with van der Waals surface area (Å²) in [5.41, 5.74) is 3.50. The highest BCUT2D eigenvalue weighted by atomic mass is 16.3. The average molecular weight is 411 g/mol. The zero-order valence-electron chi connectivity index (χ0n) is 17.1.